The van der Waals surface area contributed by atoms with Crippen molar-refractivity contribution < 1.29 is 14.7 Å². The molecule has 1 aliphatic carbocycles. The van der Waals surface area contributed by atoms with Crippen LogP contribution in [0, 0.1) is 11.8 Å². The maximum atomic E-state index is 11.5. The summed E-state index contributed by atoms with van der Waals surface area (Å²) in [6.07, 6.45) is 1.02. The molecule has 0 aromatic rings. The summed E-state index contributed by atoms with van der Waals surface area (Å²) in [5, 5.41) is 11.5. The van der Waals surface area contributed by atoms with Gasteiger partial charge in [0, 0.05) is 19.6 Å². The molecule has 2 amide bonds. The van der Waals surface area contributed by atoms with Gasteiger partial charge in [-0.05, 0) is 12.3 Å². The highest BCUT2D eigenvalue weighted by Crippen LogP contribution is 2.28. The molecule has 0 saturated heterocycles. The van der Waals surface area contributed by atoms with Crippen LogP contribution < -0.4 is 5.32 Å². The normalized spacial score (nSPS) is 25.5. The predicted octanol–water partition coefficient (Wildman–Crippen LogP) is 0.757. The maximum absolute atomic E-state index is 11.5. The van der Waals surface area contributed by atoms with E-state index in [4.69, 9.17) is 5.11 Å². The van der Waals surface area contributed by atoms with E-state index in [2.05, 4.69) is 12.2 Å². The number of urea groups is 1. The van der Waals surface area contributed by atoms with Crippen LogP contribution in [0.1, 0.15) is 20.3 Å². The highest BCUT2D eigenvalue weighted by molar-refractivity contribution is 5.76. The third-order valence-corrected chi connectivity index (χ3v) is 2.73. The Kier molecular flexibility index (Phi) is 3.55. The zero-order valence-electron chi connectivity index (χ0n) is 9.36. The number of amides is 2. The van der Waals surface area contributed by atoms with Crippen LogP contribution in [0.2, 0.25) is 0 Å². The molecule has 0 aliphatic heterocycles. The third-order valence-electron chi connectivity index (χ3n) is 2.73. The number of hydrogen-bond donors (Lipinski definition) is 2. The number of nitrogens with one attached hydrogen (secondary N) is 1. The van der Waals surface area contributed by atoms with Crippen LogP contribution in [0.5, 0.6) is 0 Å². The van der Waals surface area contributed by atoms with E-state index in [1.54, 1.807) is 14.0 Å². The summed E-state index contributed by atoms with van der Waals surface area (Å²) in [7, 11) is 1.61. The van der Waals surface area contributed by atoms with E-state index in [1.807, 2.05) is 0 Å². The molecule has 3 unspecified atom stereocenters. The van der Waals surface area contributed by atoms with Crippen molar-refractivity contribution in [2.75, 3.05) is 13.6 Å². The van der Waals surface area contributed by atoms with Crippen LogP contribution in [0.4, 0.5) is 4.79 Å². The van der Waals surface area contributed by atoms with Crippen molar-refractivity contribution in [2.45, 2.75) is 26.3 Å². The lowest BCUT2D eigenvalue weighted by Crippen LogP contribution is -2.42. The number of rotatable bonds is 4. The average Bonchev–Trinajstić information content (AvgIpc) is 2.81. The van der Waals surface area contributed by atoms with Crippen molar-refractivity contribution in [1.82, 2.24) is 10.2 Å². The topological polar surface area (TPSA) is 69.6 Å². The lowest BCUT2D eigenvalue weighted by atomic mass is 10.2. The SMILES string of the molecule is CC(CN(C)C(=O)NC1CC1C)C(=O)O. The van der Waals surface area contributed by atoms with E-state index >= 15 is 0 Å². The smallest absolute Gasteiger partial charge is 0.317 e. The number of nitrogens with zero attached hydrogens (tertiary/aromatic N) is 1. The first kappa shape index (κ1) is 11.8. The van der Waals surface area contributed by atoms with Crippen LogP contribution >= 0.6 is 0 Å². The minimum atomic E-state index is -0.880. The van der Waals surface area contributed by atoms with Gasteiger partial charge < -0.3 is 15.3 Å². The molecule has 1 saturated carbocycles. The molecule has 1 rings (SSSR count). The second-order valence-corrected chi connectivity index (χ2v) is 4.39. The standard InChI is InChI=1S/C10H18N2O3/c1-6-4-8(6)11-10(15)12(3)5-7(2)9(13)14/h6-8H,4-5H2,1-3H3,(H,11,15)(H,13,14). The second-order valence-electron chi connectivity index (χ2n) is 4.39. The summed E-state index contributed by atoms with van der Waals surface area (Å²) in [6, 6.07) is 0.0949. The minimum absolute atomic E-state index is 0.183. The Morgan fingerprint density at radius 2 is 2.13 bits per heavy atom. The monoisotopic (exact) mass is 214 g/mol. The second kappa shape index (κ2) is 4.51. The molecule has 5 nitrogen and oxygen atoms in total. The summed E-state index contributed by atoms with van der Waals surface area (Å²) in [5.41, 5.74) is 0. The molecule has 3 atom stereocenters. The molecule has 1 aliphatic rings. The van der Waals surface area contributed by atoms with E-state index in [0.717, 1.165) is 6.42 Å². The Bertz CT molecular complexity index is 267. The molecule has 0 aromatic carbocycles. The lowest BCUT2D eigenvalue weighted by Gasteiger charge is -2.19. The molecule has 15 heavy (non-hydrogen) atoms. The molecule has 1 fully saturated rings. The quantitative estimate of drug-likeness (QED) is 0.725. The predicted molar refractivity (Wildman–Crippen MR) is 55.5 cm³/mol. The van der Waals surface area contributed by atoms with Crippen molar-refractivity contribution in [2.24, 2.45) is 11.8 Å². The van der Waals surface area contributed by atoms with Crippen molar-refractivity contribution in [3.8, 4) is 0 Å². The number of carbonyl (C=O) groups excluding carboxylic acids is 1. The summed E-state index contributed by atoms with van der Waals surface area (Å²) < 4.78 is 0. The molecule has 5 heteroatoms. The Balaban J connectivity index is 2.29. The Morgan fingerprint density at radius 3 is 2.53 bits per heavy atom. The van der Waals surface area contributed by atoms with Crippen LogP contribution in [-0.2, 0) is 4.79 Å². The first-order chi connectivity index (χ1) is 6.91. The number of carboxylic acids is 1. The van der Waals surface area contributed by atoms with Gasteiger partial charge in [-0.2, -0.15) is 0 Å². The van der Waals surface area contributed by atoms with Gasteiger partial charge in [-0.3, -0.25) is 4.79 Å². The molecular weight excluding hydrogens is 196 g/mol. The lowest BCUT2D eigenvalue weighted by molar-refractivity contribution is -0.141. The van der Waals surface area contributed by atoms with E-state index in [9.17, 15) is 9.59 Å². The molecule has 2 N–H and O–H groups in total. The zero-order chi connectivity index (χ0) is 11.6. The molecular formula is C10H18N2O3. The van der Waals surface area contributed by atoms with E-state index in [1.165, 1.54) is 4.90 Å². The number of hydrogen-bond acceptors (Lipinski definition) is 2. The highest BCUT2D eigenvalue weighted by atomic mass is 16.4. The van der Waals surface area contributed by atoms with Gasteiger partial charge in [0.25, 0.3) is 0 Å². The fourth-order valence-corrected chi connectivity index (χ4v) is 1.36. The summed E-state index contributed by atoms with van der Waals surface area (Å²) >= 11 is 0. The molecule has 0 spiro atoms. The fraction of sp³-hybridized carbons (Fsp3) is 0.800. The number of carboxylic acid groups (broad SMARTS) is 1. The molecule has 0 aromatic heterocycles. The first-order valence-electron chi connectivity index (χ1n) is 5.16. The Hall–Kier alpha value is -1.26. The van der Waals surface area contributed by atoms with Gasteiger partial charge in [-0.25, -0.2) is 4.79 Å². The van der Waals surface area contributed by atoms with Crippen LogP contribution in [-0.4, -0.2) is 41.6 Å². The van der Waals surface area contributed by atoms with E-state index in [0.29, 0.717) is 5.92 Å². The summed E-state index contributed by atoms with van der Waals surface area (Å²) in [6.45, 7) is 3.90. The van der Waals surface area contributed by atoms with E-state index < -0.39 is 11.9 Å². The molecule has 86 valence electrons. The zero-order valence-corrected chi connectivity index (χ0v) is 9.36. The van der Waals surface area contributed by atoms with Crippen molar-refractivity contribution in [3.63, 3.8) is 0 Å². The highest BCUT2D eigenvalue weighted by Gasteiger charge is 2.34. The summed E-state index contributed by atoms with van der Waals surface area (Å²) in [4.78, 5) is 23.5. The van der Waals surface area contributed by atoms with Crippen LogP contribution in [0.25, 0.3) is 0 Å². The average molecular weight is 214 g/mol. The number of carbonyl (C=O) groups is 2. The number of aliphatic carboxylic acids is 1. The van der Waals surface area contributed by atoms with Crippen molar-refractivity contribution in [3.05, 3.63) is 0 Å². The van der Waals surface area contributed by atoms with Gasteiger partial charge >= 0.3 is 12.0 Å². The molecule has 0 heterocycles. The summed E-state index contributed by atoms with van der Waals surface area (Å²) in [5.74, 6) is -0.855. The van der Waals surface area contributed by atoms with Gasteiger partial charge in [0.15, 0.2) is 0 Å². The first-order valence-corrected chi connectivity index (χ1v) is 5.16. The minimum Gasteiger partial charge on any atom is -0.481 e. The van der Waals surface area contributed by atoms with Gasteiger partial charge in [-0.15, -0.1) is 0 Å². The van der Waals surface area contributed by atoms with Crippen LogP contribution in [0.15, 0.2) is 0 Å². The van der Waals surface area contributed by atoms with Crippen molar-refractivity contribution in [1.29, 1.82) is 0 Å². The van der Waals surface area contributed by atoms with Gasteiger partial charge in [0.1, 0.15) is 0 Å². The third kappa shape index (κ3) is 3.42. The van der Waals surface area contributed by atoms with Crippen molar-refractivity contribution >= 4 is 12.0 Å². The van der Waals surface area contributed by atoms with Gasteiger partial charge in [0.2, 0.25) is 0 Å². The fourth-order valence-electron chi connectivity index (χ4n) is 1.36. The van der Waals surface area contributed by atoms with Gasteiger partial charge in [0.05, 0.1) is 5.92 Å². The van der Waals surface area contributed by atoms with Crippen LogP contribution in [0.3, 0.4) is 0 Å². The Morgan fingerprint density at radius 1 is 1.60 bits per heavy atom. The largest absolute Gasteiger partial charge is 0.481 e. The molecule has 0 radical (unpaired) electrons. The van der Waals surface area contributed by atoms with E-state index in [-0.39, 0.29) is 18.6 Å². The van der Waals surface area contributed by atoms with Gasteiger partial charge in [-0.1, -0.05) is 13.8 Å². The Labute approximate surface area is 89.4 Å². The maximum Gasteiger partial charge on any atom is 0.317 e. The molecule has 0 bridgehead atoms.